The highest BCUT2D eigenvalue weighted by atomic mass is 16.6. The summed E-state index contributed by atoms with van der Waals surface area (Å²) in [6.45, 7) is 9.98. The van der Waals surface area contributed by atoms with E-state index in [4.69, 9.17) is 10.5 Å². The quantitative estimate of drug-likeness (QED) is 0.343. The molecule has 4 amide bonds. The summed E-state index contributed by atoms with van der Waals surface area (Å²) in [6.07, 6.45) is -1.17. The maximum Gasteiger partial charge on any atom is 0.408 e. The first kappa shape index (κ1) is 31.3. The van der Waals surface area contributed by atoms with E-state index >= 15 is 0 Å². The number of aliphatic hydroxyl groups is 1. The van der Waals surface area contributed by atoms with Crippen LogP contribution in [0.3, 0.4) is 0 Å². The Bertz CT molecular complexity index is 1170. The van der Waals surface area contributed by atoms with E-state index in [9.17, 15) is 24.3 Å². The number of nitrogens with zero attached hydrogens (tertiary/aromatic N) is 1. The number of alkyl carbamates (subject to hydrolysis) is 1. The summed E-state index contributed by atoms with van der Waals surface area (Å²) in [5.74, 6) is -1.82. The third-order valence-electron chi connectivity index (χ3n) is 5.94. The van der Waals surface area contributed by atoms with Gasteiger partial charge in [-0.15, -0.1) is 0 Å². The summed E-state index contributed by atoms with van der Waals surface area (Å²) in [6, 6.07) is 10.4. The number of aliphatic hydroxyl groups excluding tert-OH is 1. The highest BCUT2D eigenvalue weighted by molar-refractivity contribution is 6.00. The Kier molecular flexibility index (Phi) is 11.0. The maximum absolute atomic E-state index is 13.9. The third kappa shape index (κ3) is 9.40. The molecule has 10 heteroatoms. The molecule has 0 fully saturated rings. The van der Waals surface area contributed by atoms with Gasteiger partial charge in [0.15, 0.2) is 0 Å². The van der Waals surface area contributed by atoms with Gasteiger partial charge in [0.25, 0.3) is 5.91 Å². The fourth-order valence-corrected chi connectivity index (χ4v) is 4.18. The van der Waals surface area contributed by atoms with Crippen LogP contribution in [0.15, 0.2) is 42.5 Å². The zero-order valence-corrected chi connectivity index (χ0v) is 23.5. The number of para-hydroxylation sites is 1. The van der Waals surface area contributed by atoms with Gasteiger partial charge >= 0.3 is 6.09 Å². The molecule has 39 heavy (non-hydrogen) atoms. The molecule has 0 heterocycles. The third-order valence-corrected chi connectivity index (χ3v) is 5.94. The van der Waals surface area contributed by atoms with E-state index in [2.05, 4.69) is 10.6 Å². The van der Waals surface area contributed by atoms with Gasteiger partial charge in [0.2, 0.25) is 11.8 Å². The molecular formula is C29H40N4O6. The number of nitrogens with two attached hydrogens (primary N) is 1. The van der Waals surface area contributed by atoms with E-state index in [1.54, 1.807) is 39.0 Å². The van der Waals surface area contributed by atoms with Crippen molar-refractivity contribution >= 4 is 29.5 Å². The average molecular weight is 541 g/mol. The fourth-order valence-electron chi connectivity index (χ4n) is 4.18. The van der Waals surface area contributed by atoms with Crippen molar-refractivity contribution in [3.8, 4) is 0 Å². The standard InChI is InChI=1S/C29H40N4O6/c1-18-9-7-12-21(17-18)25(26(36)32-24-19(2)10-8-11-20(24)3)33(15-16-34)27(37)22(13-14-23(30)35)31-28(38)39-29(4,5)6/h7-12,17,22,25,34H,13-16H2,1-6H3,(H2,30,35)(H,31,38)(H,32,36). The summed E-state index contributed by atoms with van der Waals surface area (Å²) in [5, 5.41) is 15.4. The molecule has 0 saturated carbocycles. The molecule has 2 aromatic carbocycles. The second-order valence-corrected chi connectivity index (χ2v) is 10.5. The van der Waals surface area contributed by atoms with Crippen LogP contribution in [0, 0.1) is 20.8 Å². The Morgan fingerprint density at radius 3 is 2.18 bits per heavy atom. The number of hydrogen-bond acceptors (Lipinski definition) is 6. The van der Waals surface area contributed by atoms with Crippen molar-refractivity contribution in [3.63, 3.8) is 0 Å². The molecule has 0 aliphatic rings. The lowest BCUT2D eigenvalue weighted by molar-refractivity contribution is -0.141. The molecule has 0 bridgehead atoms. The van der Waals surface area contributed by atoms with Gasteiger partial charge in [-0.2, -0.15) is 0 Å². The van der Waals surface area contributed by atoms with Gasteiger partial charge < -0.3 is 31.1 Å². The molecule has 0 aliphatic heterocycles. The summed E-state index contributed by atoms with van der Waals surface area (Å²) < 4.78 is 5.31. The van der Waals surface area contributed by atoms with Crippen LogP contribution in [0.1, 0.15) is 61.9 Å². The lowest BCUT2D eigenvalue weighted by Crippen LogP contribution is -2.53. The second-order valence-electron chi connectivity index (χ2n) is 10.5. The molecule has 2 aromatic rings. The number of ether oxygens (including phenoxy) is 1. The van der Waals surface area contributed by atoms with Crippen molar-refractivity contribution in [2.45, 2.75) is 72.1 Å². The average Bonchev–Trinajstić information content (AvgIpc) is 2.82. The van der Waals surface area contributed by atoms with Crippen LogP contribution < -0.4 is 16.4 Å². The van der Waals surface area contributed by atoms with E-state index in [0.29, 0.717) is 11.3 Å². The van der Waals surface area contributed by atoms with Gasteiger partial charge in [-0.3, -0.25) is 14.4 Å². The number of hydrogen-bond donors (Lipinski definition) is 4. The predicted molar refractivity (Wildman–Crippen MR) is 149 cm³/mol. The molecule has 0 aliphatic carbocycles. The summed E-state index contributed by atoms with van der Waals surface area (Å²) in [4.78, 5) is 53.2. The van der Waals surface area contributed by atoms with E-state index in [-0.39, 0.29) is 19.4 Å². The monoisotopic (exact) mass is 540 g/mol. The number of primary amides is 1. The van der Waals surface area contributed by atoms with Crippen molar-refractivity contribution in [2.24, 2.45) is 5.73 Å². The van der Waals surface area contributed by atoms with E-state index < -0.39 is 48.1 Å². The Balaban J connectivity index is 2.54. The van der Waals surface area contributed by atoms with Crippen LogP contribution in [0.5, 0.6) is 0 Å². The highest BCUT2D eigenvalue weighted by Crippen LogP contribution is 2.27. The molecular weight excluding hydrogens is 500 g/mol. The number of nitrogens with one attached hydrogen (secondary N) is 2. The van der Waals surface area contributed by atoms with Gasteiger partial charge in [-0.05, 0) is 64.7 Å². The van der Waals surface area contributed by atoms with Gasteiger partial charge in [0.1, 0.15) is 17.7 Å². The minimum absolute atomic E-state index is 0.117. The predicted octanol–water partition coefficient (Wildman–Crippen LogP) is 3.27. The Morgan fingerprint density at radius 1 is 1.03 bits per heavy atom. The molecule has 5 N–H and O–H groups in total. The number of anilines is 1. The Labute approximate surface area is 229 Å². The van der Waals surface area contributed by atoms with Crippen LogP contribution in [-0.2, 0) is 19.1 Å². The minimum atomic E-state index is -1.24. The largest absolute Gasteiger partial charge is 0.444 e. The number of carbonyl (C=O) groups excluding carboxylic acids is 4. The van der Waals surface area contributed by atoms with Crippen LogP contribution >= 0.6 is 0 Å². The van der Waals surface area contributed by atoms with Gasteiger partial charge in [-0.1, -0.05) is 48.0 Å². The molecule has 10 nitrogen and oxygen atoms in total. The first-order chi connectivity index (χ1) is 18.2. The molecule has 2 atom stereocenters. The topological polar surface area (TPSA) is 151 Å². The lowest BCUT2D eigenvalue weighted by atomic mass is 9.99. The molecule has 0 saturated heterocycles. The second kappa shape index (κ2) is 13.7. The van der Waals surface area contributed by atoms with Crippen molar-refractivity contribution in [3.05, 3.63) is 64.7 Å². The molecule has 0 radical (unpaired) electrons. The summed E-state index contributed by atoms with van der Waals surface area (Å²) in [7, 11) is 0. The van der Waals surface area contributed by atoms with Crippen molar-refractivity contribution < 1.29 is 29.0 Å². The van der Waals surface area contributed by atoms with Crippen LogP contribution in [0.2, 0.25) is 0 Å². The smallest absolute Gasteiger partial charge is 0.408 e. The van der Waals surface area contributed by atoms with Crippen molar-refractivity contribution in [2.75, 3.05) is 18.5 Å². The van der Waals surface area contributed by atoms with E-state index in [1.165, 1.54) is 4.90 Å². The SMILES string of the molecule is Cc1cccc(C(C(=O)Nc2c(C)cccc2C)N(CCO)C(=O)C(CCC(N)=O)NC(=O)OC(C)(C)C)c1. The van der Waals surface area contributed by atoms with Crippen molar-refractivity contribution in [1.82, 2.24) is 10.2 Å². The lowest BCUT2D eigenvalue weighted by Gasteiger charge is -2.34. The zero-order valence-electron chi connectivity index (χ0n) is 23.5. The zero-order chi connectivity index (χ0) is 29.3. The fraction of sp³-hybridized carbons (Fsp3) is 0.448. The van der Waals surface area contributed by atoms with Gasteiger partial charge in [0.05, 0.1) is 6.61 Å². The van der Waals surface area contributed by atoms with Crippen LogP contribution in [0.25, 0.3) is 0 Å². The Morgan fingerprint density at radius 2 is 1.64 bits per heavy atom. The first-order valence-electron chi connectivity index (χ1n) is 12.9. The van der Waals surface area contributed by atoms with Crippen LogP contribution in [0.4, 0.5) is 10.5 Å². The molecule has 0 aromatic heterocycles. The van der Waals surface area contributed by atoms with Gasteiger partial charge in [0, 0.05) is 18.7 Å². The number of carbonyl (C=O) groups is 4. The molecule has 2 unspecified atom stereocenters. The first-order valence-corrected chi connectivity index (χ1v) is 12.9. The maximum atomic E-state index is 13.9. The molecule has 0 spiro atoms. The van der Waals surface area contributed by atoms with Crippen LogP contribution in [-0.4, -0.2) is 58.6 Å². The summed E-state index contributed by atoms with van der Waals surface area (Å²) in [5.41, 5.74) is 8.19. The number of benzene rings is 2. The molecule has 212 valence electrons. The van der Waals surface area contributed by atoms with E-state index in [0.717, 1.165) is 16.7 Å². The Hall–Kier alpha value is -3.92. The summed E-state index contributed by atoms with van der Waals surface area (Å²) >= 11 is 0. The van der Waals surface area contributed by atoms with E-state index in [1.807, 2.05) is 45.0 Å². The highest BCUT2D eigenvalue weighted by Gasteiger charge is 2.36. The van der Waals surface area contributed by atoms with Crippen molar-refractivity contribution in [1.29, 1.82) is 0 Å². The number of rotatable bonds is 11. The number of aryl methyl sites for hydroxylation is 3. The molecule has 2 rings (SSSR count). The van der Waals surface area contributed by atoms with Gasteiger partial charge in [-0.25, -0.2) is 4.79 Å². The minimum Gasteiger partial charge on any atom is -0.444 e. The number of amides is 4. The normalized spacial score (nSPS) is 12.7.